The third kappa shape index (κ3) is 5.30. The molecule has 3 aromatic carbocycles. The molecule has 5 nitrogen and oxygen atoms in total. The second-order valence-electron chi connectivity index (χ2n) is 7.74. The number of halogens is 1. The molecule has 1 amide bonds. The van der Waals surface area contributed by atoms with Crippen LogP contribution in [0.15, 0.2) is 66.7 Å². The van der Waals surface area contributed by atoms with Gasteiger partial charge in [-0.15, -0.1) is 0 Å². The highest BCUT2D eigenvalue weighted by atomic mass is 35.5. The summed E-state index contributed by atoms with van der Waals surface area (Å²) in [7, 11) is 0. The van der Waals surface area contributed by atoms with Crippen molar-refractivity contribution in [2.45, 2.75) is 25.8 Å². The summed E-state index contributed by atoms with van der Waals surface area (Å²) in [6.45, 7) is 2.89. The minimum Gasteiger partial charge on any atom is -0.480 e. The summed E-state index contributed by atoms with van der Waals surface area (Å²) >= 11 is 6.25. The molecule has 0 saturated heterocycles. The molecular formula is C25H21ClN2O3. The molecule has 0 unspecified atom stereocenters. The number of hydrogen-bond acceptors (Lipinski definition) is 3. The molecule has 0 bridgehead atoms. The second kappa shape index (κ2) is 9.03. The van der Waals surface area contributed by atoms with Gasteiger partial charge in [-0.2, -0.15) is 5.26 Å². The fourth-order valence-electron chi connectivity index (χ4n) is 3.24. The summed E-state index contributed by atoms with van der Waals surface area (Å²) in [4.78, 5) is 23.6. The molecule has 2 N–H and O–H groups in total. The predicted molar refractivity (Wildman–Crippen MR) is 121 cm³/mol. The third-order valence-electron chi connectivity index (χ3n) is 4.87. The Bertz CT molecular complexity index is 1200. The van der Waals surface area contributed by atoms with Crippen LogP contribution >= 0.6 is 11.6 Å². The van der Waals surface area contributed by atoms with Gasteiger partial charge in [-0.25, -0.2) is 4.79 Å². The number of aliphatic carboxylic acids is 1. The van der Waals surface area contributed by atoms with Crippen molar-refractivity contribution in [1.82, 2.24) is 5.32 Å². The molecule has 0 radical (unpaired) electrons. The Morgan fingerprint density at radius 2 is 1.68 bits per heavy atom. The van der Waals surface area contributed by atoms with Crippen LogP contribution in [0.1, 0.15) is 25.0 Å². The van der Waals surface area contributed by atoms with Gasteiger partial charge >= 0.3 is 5.97 Å². The number of nitrogens with one attached hydrogen (secondary N) is 1. The second-order valence-corrected chi connectivity index (χ2v) is 8.17. The van der Waals surface area contributed by atoms with Crippen LogP contribution in [0.3, 0.4) is 0 Å². The number of carboxylic acid groups (broad SMARTS) is 1. The molecule has 0 spiro atoms. The van der Waals surface area contributed by atoms with E-state index in [1.54, 1.807) is 18.2 Å². The largest absolute Gasteiger partial charge is 0.480 e. The van der Waals surface area contributed by atoms with Gasteiger partial charge in [0.25, 0.3) is 0 Å². The first kappa shape index (κ1) is 22.1. The number of nitrogens with zero attached hydrogens (tertiary/aromatic N) is 1. The maximum absolute atomic E-state index is 12.4. The smallest absolute Gasteiger partial charge is 0.328 e. The monoisotopic (exact) mass is 432 g/mol. The van der Waals surface area contributed by atoms with Crippen LogP contribution in [0, 0.1) is 11.3 Å². The molecule has 0 aliphatic carbocycles. The van der Waals surface area contributed by atoms with Crippen molar-refractivity contribution in [2.75, 3.05) is 0 Å². The first-order chi connectivity index (χ1) is 14.7. The zero-order valence-electron chi connectivity index (χ0n) is 17.1. The number of amides is 1. The Kier molecular flexibility index (Phi) is 6.43. The van der Waals surface area contributed by atoms with E-state index in [9.17, 15) is 20.0 Å². The van der Waals surface area contributed by atoms with Gasteiger partial charge < -0.3 is 10.4 Å². The molecule has 0 heterocycles. The number of carbonyl (C=O) groups excluding carboxylic acids is 1. The highest BCUT2D eigenvalue weighted by molar-refractivity contribution is 6.31. The summed E-state index contributed by atoms with van der Waals surface area (Å²) in [5.41, 5.74) is 3.49. The highest BCUT2D eigenvalue weighted by Crippen LogP contribution is 2.35. The van der Waals surface area contributed by atoms with Crippen LogP contribution in [0.5, 0.6) is 0 Å². The number of benzene rings is 3. The average molecular weight is 433 g/mol. The molecule has 0 aliphatic heterocycles. The fourth-order valence-corrected chi connectivity index (χ4v) is 3.42. The van der Waals surface area contributed by atoms with E-state index in [1.165, 1.54) is 13.8 Å². The summed E-state index contributed by atoms with van der Waals surface area (Å²) < 4.78 is 0. The Morgan fingerprint density at radius 1 is 1.00 bits per heavy atom. The summed E-state index contributed by atoms with van der Waals surface area (Å²) in [5, 5.41) is 21.5. The molecule has 0 saturated carbocycles. The van der Waals surface area contributed by atoms with Gasteiger partial charge in [0, 0.05) is 5.02 Å². The van der Waals surface area contributed by atoms with Crippen LogP contribution in [-0.2, 0) is 16.0 Å². The van der Waals surface area contributed by atoms with Crippen molar-refractivity contribution in [3.8, 4) is 28.3 Å². The van der Waals surface area contributed by atoms with Gasteiger partial charge in [-0.05, 0) is 65.9 Å². The quantitative estimate of drug-likeness (QED) is 0.569. The van der Waals surface area contributed by atoms with Crippen LogP contribution in [0.4, 0.5) is 0 Å². The van der Waals surface area contributed by atoms with E-state index in [1.807, 2.05) is 48.5 Å². The maximum atomic E-state index is 12.4. The van der Waals surface area contributed by atoms with Gasteiger partial charge in [0.15, 0.2) is 0 Å². The Morgan fingerprint density at radius 3 is 2.35 bits per heavy atom. The minimum absolute atomic E-state index is 0.0530. The average Bonchev–Trinajstić information content (AvgIpc) is 2.73. The fraction of sp³-hybridized carbons (Fsp3) is 0.160. The lowest BCUT2D eigenvalue weighted by Crippen LogP contribution is -2.50. The molecule has 0 fully saturated rings. The van der Waals surface area contributed by atoms with Crippen molar-refractivity contribution < 1.29 is 14.7 Å². The highest BCUT2D eigenvalue weighted by Gasteiger charge is 2.28. The topological polar surface area (TPSA) is 90.2 Å². The van der Waals surface area contributed by atoms with E-state index in [0.717, 1.165) is 27.8 Å². The number of rotatable bonds is 6. The van der Waals surface area contributed by atoms with Crippen LogP contribution in [-0.4, -0.2) is 22.5 Å². The van der Waals surface area contributed by atoms with Gasteiger partial charge in [0.05, 0.1) is 18.1 Å². The number of carbonyl (C=O) groups is 2. The molecule has 6 heteroatoms. The Balaban J connectivity index is 1.95. The molecule has 0 atom stereocenters. The normalized spacial score (nSPS) is 10.9. The predicted octanol–water partition coefficient (Wildman–Crippen LogP) is 5.07. The van der Waals surface area contributed by atoms with E-state index in [-0.39, 0.29) is 12.3 Å². The first-order valence-electron chi connectivity index (χ1n) is 9.63. The van der Waals surface area contributed by atoms with Gasteiger partial charge in [-0.3, -0.25) is 4.79 Å². The molecule has 0 aromatic heterocycles. The number of hydrogen-bond donors (Lipinski definition) is 2. The minimum atomic E-state index is -1.34. The molecule has 31 heavy (non-hydrogen) atoms. The first-order valence-corrected chi connectivity index (χ1v) is 10.0. The van der Waals surface area contributed by atoms with Gasteiger partial charge in [0.2, 0.25) is 5.91 Å². The summed E-state index contributed by atoms with van der Waals surface area (Å²) in [6.07, 6.45) is 0.0530. The van der Waals surface area contributed by atoms with Crippen LogP contribution < -0.4 is 5.32 Å². The summed E-state index contributed by atoms with van der Waals surface area (Å²) in [5.74, 6) is -1.47. The SMILES string of the molecule is CC(C)(NC(=O)Cc1cccc(-c2ccc(Cl)cc2-c2cccc(C#N)c2)c1)C(=O)O. The van der Waals surface area contributed by atoms with E-state index >= 15 is 0 Å². The molecule has 0 aliphatic rings. The zero-order valence-corrected chi connectivity index (χ0v) is 17.9. The van der Waals surface area contributed by atoms with Crippen LogP contribution in [0.25, 0.3) is 22.3 Å². The lowest BCUT2D eigenvalue weighted by molar-refractivity contribution is -0.145. The third-order valence-corrected chi connectivity index (χ3v) is 5.11. The van der Waals surface area contributed by atoms with E-state index < -0.39 is 11.5 Å². The van der Waals surface area contributed by atoms with Gasteiger partial charge in [-0.1, -0.05) is 54.1 Å². The lowest BCUT2D eigenvalue weighted by atomic mass is 9.92. The Labute approximate surface area is 185 Å². The van der Waals surface area contributed by atoms with E-state index in [0.29, 0.717) is 10.6 Å². The zero-order chi connectivity index (χ0) is 22.6. The number of carboxylic acids is 1. The van der Waals surface area contributed by atoms with Crippen molar-refractivity contribution in [3.05, 3.63) is 82.9 Å². The molecule has 3 rings (SSSR count). The van der Waals surface area contributed by atoms with Crippen molar-refractivity contribution in [3.63, 3.8) is 0 Å². The lowest BCUT2D eigenvalue weighted by Gasteiger charge is -2.21. The van der Waals surface area contributed by atoms with Crippen LogP contribution in [0.2, 0.25) is 5.02 Å². The molecule has 156 valence electrons. The van der Waals surface area contributed by atoms with E-state index in [2.05, 4.69) is 11.4 Å². The van der Waals surface area contributed by atoms with Crippen molar-refractivity contribution in [1.29, 1.82) is 5.26 Å². The van der Waals surface area contributed by atoms with Gasteiger partial charge in [0.1, 0.15) is 5.54 Å². The molecule has 3 aromatic rings. The molecular weight excluding hydrogens is 412 g/mol. The number of nitriles is 1. The van der Waals surface area contributed by atoms with E-state index in [4.69, 9.17) is 11.6 Å². The maximum Gasteiger partial charge on any atom is 0.328 e. The standard InChI is InChI=1S/C25H21ClN2O3/c1-25(2,24(30)31)28-23(29)13-16-5-3-7-18(11-16)21-10-9-20(26)14-22(21)19-8-4-6-17(12-19)15-27/h3-12,14H,13H2,1-2H3,(H,28,29)(H,30,31). The van der Waals surface area contributed by atoms with Crippen molar-refractivity contribution >= 4 is 23.5 Å². The Hall–Kier alpha value is -3.62. The van der Waals surface area contributed by atoms with Crippen molar-refractivity contribution in [2.24, 2.45) is 0 Å². The summed E-state index contributed by atoms with van der Waals surface area (Å²) in [6, 6.07) is 22.5.